The van der Waals surface area contributed by atoms with Gasteiger partial charge in [-0.05, 0) is 63.0 Å². The third-order valence-electron chi connectivity index (χ3n) is 5.24. The molecule has 0 saturated carbocycles. The minimum Gasteiger partial charge on any atom is -0.444 e. The van der Waals surface area contributed by atoms with Crippen LogP contribution in [-0.2, 0) is 0 Å². The van der Waals surface area contributed by atoms with Gasteiger partial charge in [0.2, 0.25) is 0 Å². The summed E-state index contributed by atoms with van der Waals surface area (Å²) in [6.07, 6.45) is 2.37. The van der Waals surface area contributed by atoms with Gasteiger partial charge in [-0.3, -0.25) is 9.69 Å². The van der Waals surface area contributed by atoms with Gasteiger partial charge in [0.05, 0.1) is 0 Å². The Morgan fingerprint density at radius 1 is 1.17 bits per heavy atom. The van der Waals surface area contributed by atoms with Gasteiger partial charge >= 0.3 is 0 Å². The van der Waals surface area contributed by atoms with Gasteiger partial charge in [-0.2, -0.15) is 0 Å². The first-order chi connectivity index (χ1) is 11.7. The van der Waals surface area contributed by atoms with E-state index in [4.69, 9.17) is 4.42 Å². The Balaban J connectivity index is 1.42. The first kappa shape index (κ1) is 15.8. The maximum atomic E-state index is 12.6. The lowest BCUT2D eigenvalue weighted by Crippen LogP contribution is -2.62. The lowest BCUT2D eigenvalue weighted by atomic mass is 9.79. The van der Waals surface area contributed by atoms with Crippen LogP contribution in [0.15, 0.2) is 56.9 Å². The van der Waals surface area contributed by atoms with E-state index in [2.05, 4.69) is 17.1 Å². The number of amides is 1. The summed E-state index contributed by atoms with van der Waals surface area (Å²) in [4.78, 5) is 16.1. The summed E-state index contributed by atoms with van der Waals surface area (Å²) in [6, 6.07) is 14.3. The van der Waals surface area contributed by atoms with Gasteiger partial charge in [0, 0.05) is 17.0 Å². The highest BCUT2D eigenvalue weighted by Crippen LogP contribution is 2.33. The molecule has 0 unspecified atom stereocenters. The molecular weight excluding hydrogens is 320 g/mol. The predicted molar refractivity (Wildman–Crippen MR) is 94.3 cm³/mol. The fourth-order valence-electron chi connectivity index (χ4n) is 3.87. The quantitative estimate of drug-likeness (QED) is 0.921. The number of fused-ring (bicyclic) bond motifs is 3. The number of hydrogen-bond acceptors (Lipinski definition) is 4. The molecule has 126 valence electrons. The van der Waals surface area contributed by atoms with Crippen molar-refractivity contribution in [3.8, 4) is 0 Å². The van der Waals surface area contributed by atoms with Crippen LogP contribution in [0.5, 0.6) is 0 Å². The van der Waals surface area contributed by atoms with E-state index >= 15 is 0 Å². The van der Waals surface area contributed by atoms with Crippen LogP contribution in [0, 0.1) is 5.92 Å². The van der Waals surface area contributed by atoms with Crippen LogP contribution >= 0.6 is 11.8 Å². The Morgan fingerprint density at radius 3 is 2.62 bits per heavy atom. The van der Waals surface area contributed by atoms with Crippen molar-refractivity contribution < 1.29 is 9.21 Å². The van der Waals surface area contributed by atoms with E-state index in [-0.39, 0.29) is 11.9 Å². The molecule has 2 aromatic rings. The average molecular weight is 342 g/mol. The van der Waals surface area contributed by atoms with Crippen molar-refractivity contribution in [2.45, 2.75) is 41.8 Å². The molecule has 2 atom stereocenters. The second kappa shape index (κ2) is 6.65. The van der Waals surface area contributed by atoms with E-state index in [9.17, 15) is 4.79 Å². The lowest BCUT2D eigenvalue weighted by Gasteiger charge is -2.49. The summed E-state index contributed by atoms with van der Waals surface area (Å²) in [5.74, 6) is 0.902. The topological polar surface area (TPSA) is 45.5 Å². The molecule has 3 fully saturated rings. The van der Waals surface area contributed by atoms with Crippen LogP contribution in [0.1, 0.15) is 30.3 Å². The number of piperidine rings is 3. The molecule has 4 nitrogen and oxygen atoms in total. The lowest BCUT2D eigenvalue weighted by molar-refractivity contribution is 0.0210. The SMILES string of the molecule is C[C@H]1[C@H](NC(=O)c2ccc(Sc3ccccc3)o2)C2CCN1CC2. The molecule has 3 aliphatic heterocycles. The fourth-order valence-corrected chi connectivity index (χ4v) is 4.66. The normalized spacial score (nSPS) is 28.7. The summed E-state index contributed by atoms with van der Waals surface area (Å²) in [5, 5.41) is 3.95. The van der Waals surface area contributed by atoms with Crippen LogP contribution in [0.3, 0.4) is 0 Å². The number of furan rings is 1. The average Bonchev–Trinajstić information content (AvgIpc) is 3.08. The van der Waals surface area contributed by atoms with Gasteiger partial charge in [-0.25, -0.2) is 0 Å². The Morgan fingerprint density at radius 2 is 1.92 bits per heavy atom. The van der Waals surface area contributed by atoms with Gasteiger partial charge < -0.3 is 9.73 Å². The maximum absolute atomic E-state index is 12.6. The first-order valence-electron chi connectivity index (χ1n) is 8.58. The van der Waals surface area contributed by atoms with Gasteiger partial charge in [-0.1, -0.05) is 30.0 Å². The van der Waals surface area contributed by atoms with Crippen molar-refractivity contribution in [2.75, 3.05) is 13.1 Å². The van der Waals surface area contributed by atoms with Crippen LogP contribution in [0.25, 0.3) is 0 Å². The van der Waals surface area contributed by atoms with Crippen LogP contribution in [-0.4, -0.2) is 36.0 Å². The standard InChI is InChI=1S/C19H22N2O2S/c1-13-18(14-9-11-21(13)12-10-14)20-19(22)16-7-8-17(23-16)24-15-5-3-2-4-6-15/h2-8,13-14,18H,9-12H2,1H3,(H,20,22)/t13-,18-/m0/s1. The van der Waals surface area contributed by atoms with Crippen molar-refractivity contribution in [3.63, 3.8) is 0 Å². The highest BCUT2D eigenvalue weighted by Gasteiger charge is 2.40. The Bertz CT molecular complexity index is 705. The molecule has 1 aromatic carbocycles. The van der Waals surface area contributed by atoms with E-state index in [0.717, 1.165) is 23.1 Å². The number of nitrogens with one attached hydrogen (secondary N) is 1. The van der Waals surface area contributed by atoms with Gasteiger partial charge in [0.1, 0.15) is 0 Å². The summed E-state index contributed by atoms with van der Waals surface area (Å²) >= 11 is 1.53. The number of rotatable bonds is 4. The van der Waals surface area contributed by atoms with Gasteiger partial charge in [0.15, 0.2) is 10.9 Å². The molecule has 1 amide bonds. The zero-order valence-corrected chi connectivity index (χ0v) is 14.6. The molecule has 5 rings (SSSR count). The zero-order valence-electron chi connectivity index (χ0n) is 13.8. The van der Waals surface area contributed by atoms with Crippen molar-refractivity contribution in [1.29, 1.82) is 0 Å². The number of carbonyl (C=O) groups is 1. The van der Waals surface area contributed by atoms with Gasteiger partial charge in [0.25, 0.3) is 5.91 Å². The minimum absolute atomic E-state index is 0.0967. The van der Waals surface area contributed by atoms with Gasteiger partial charge in [-0.15, -0.1) is 0 Å². The molecule has 1 aromatic heterocycles. The van der Waals surface area contributed by atoms with E-state index in [1.54, 1.807) is 6.07 Å². The van der Waals surface area contributed by atoms with E-state index < -0.39 is 0 Å². The molecule has 5 heteroatoms. The second-order valence-corrected chi connectivity index (χ2v) is 7.72. The predicted octanol–water partition coefficient (Wildman–Crippen LogP) is 3.64. The number of hydrogen-bond donors (Lipinski definition) is 1. The summed E-state index contributed by atoms with van der Waals surface area (Å²) in [7, 11) is 0. The first-order valence-corrected chi connectivity index (χ1v) is 9.40. The third kappa shape index (κ3) is 3.10. The second-order valence-electron chi connectivity index (χ2n) is 6.65. The third-order valence-corrected chi connectivity index (χ3v) is 6.17. The van der Waals surface area contributed by atoms with Crippen molar-refractivity contribution in [3.05, 3.63) is 48.2 Å². The highest BCUT2D eigenvalue weighted by molar-refractivity contribution is 7.99. The Kier molecular flexibility index (Phi) is 4.37. The van der Waals surface area contributed by atoms with E-state index in [1.165, 1.54) is 24.6 Å². The van der Waals surface area contributed by atoms with E-state index in [0.29, 0.717) is 17.7 Å². The zero-order chi connectivity index (χ0) is 16.5. The smallest absolute Gasteiger partial charge is 0.287 e. The minimum atomic E-state index is -0.0967. The Hall–Kier alpha value is -1.72. The van der Waals surface area contributed by atoms with Crippen LogP contribution < -0.4 is 5.32 Å². The fraction of sp³-hybridized carbons (Fsp3) is 0.421. The van der Waals surface area contributed by atoms with E-state index in [1.807, 2.05) is 36.4 Å². The molecule has 0 spiro atoms. The summed E-state index contributed by atoms with van der Waals surface area (Å²) in [6.45, 7) is 4.54. The van der Waals surface area contributed by atoms with Crippen molar-refractivity contribution in [1.82, 2.24) is 10.2 Å². The molecule has 0 radical (unpaired) electrons. The number of carbonyl (C=O) groups excluding carboxylic acids is 1. The number of benzene rings is 1. The monoisotopic (exact) mass is 342 g/mol. The molecular formula is C19H22N2O2S. The summed E-state index contributed by atoms with van der Waals surface area (Å²) in [5.41, 5.74) is 0. The molecule has 4 heterocycles. The van der Waals surface area contributed by atoms with Crippen molar-refractivity contribution in [2.24, 2.45) is 5.92 Å². The molecule has 0 aliphatic carbocycles. The maximum Gasteiger partial charge on any atom is 0.287 e. The van der Waals surface area contributed by atoms with Crippen LogP contribution in [0.2, 0.25) is 0 Å². The molecule has 3 saturated heterocycles. The van der Waals surface area contributed by atoms with Crippen molar-refractivity contribution >= 4 is 17.7 Å². The Labute approximate surface area is 146 Å². The molecule has 2 bridgehead atoms. The molecule has 3 aliphatic rings. The largest absolute Gasteiger partial charge is 0.444 e. The number of nitrogens with zero attached hydrogens (tertiary/aromatic N) is 1. The molecule has 24 heavy (non-hydrogen) atoms. The highest BCUT2D eigenvalue weighted by atomic mass is 32.2. The van der Waals surface area contributed by atoms with Crippen LogP contribution in [0.4, 0.5) is 0 Å². The summed E-state index contributed by atoms with van der Waals surface area (Å²) < 4.78 is 5.74. The molecule has 1 N–H and O–H groups in total.